The second-order valence-electron chi connectivity index (χ2n) is 6.97. The summed E-state index contributed by atoms with van der Waals surface area (Å²) in [6.45, 7) is 0. The van der Waals surface area contributed by atoms with Crippen molar-refractivity contribution in [2.45, 2.75) is 6.18 Å². The molecule has 0 aliphatic heterocycles. The number of alkyl halides is 3. The minimum Gasteiger partial charge on any atom is -0.593 e. The number of halogens is 4. The van der Waals surface area contributed by atoms with Crippen LogP contribution in [0.5, 0.6) is 0 Å². The molecular weight excluding hydrogens is 492 g/mol. The number of rotatable bonds is 8. The van der Waals surface area contributed by atoms with Gasteiger partial charge in [0.05, 0.1) is 48.0 Å². The molecule has 0 aliphatic carbocycles. The summed E-state index contributed by atoms with van der Waals surface area (Å²) >= 11 is -1.80. The van der Waals surface area contributed by atoms with E-state index in [9.17, 15) is 26.9 Å². The van der Waals surface area contributed by atoms with Gasteiger partial charge in [-0.05, 0) is 24.3 Å². The minimum atomic E-state index is -4.75. The van der Waals surface area contributed by atoms with E-state index in [4.69, 9.17) is 0 Å². The number of amides is 1. The quantitative estimate of drug-likeness (QED) is 0.179. The van der Waals surface area contributed by atoms with Gasteiger partial charge in [-0.3, -0.25) is 9.63 Å². The van der Waals surface area contributed by atoms with Crippen LogP contribution in [0, 0.1) is 5.95 Å². The lowest BCUT2D eigenvalue weighted by atomic mass is 10.1. The number of hydrogen-bond acceptors (Lipinski definition) is 8. The van der Waals surface area contributed by atoms with E-state index in [2.05, 4.69) is 30.9 Å². The lowest BCUT2D eigenvalue weighted by Gasteiger charge is -2.26. The predicted octanol–water partition coefficient (Wildman–Crippen LogP) is 4.14. The maximum atomic E-state index is 13.7. The van der Waals surface area contributed by atoms with Crippen molar-refractivity contribution in [2.75, 3.05) is 35.4 Å². The van der Waals surface area contributed by atoms with Crippen molar-refractivity contribution in [3.8, 4) is 0 Å². The summed E-state index contributed by atoms with van der Waals surface area (Å²) < 4.78 is 67.7. The Labute approximate surface area is 200 Å². The van der Waals surface area contributed by atoms with Gasteiger partial charge in [0.2, 0.25) is 5.95 Å². The molecule has 2 aromatic heterocycles. The highest BCUT2D eigenvalue weighted by atomic mass is 32.2. The van der Waals surface area contributed by atoms with Crippen LogP contribution in [0.2, 0.25) is 0 Å². The first-order chi connectivity index (χ1) is 16.5. The number of benzene rings is 1. The Hall–Kier alpha value is -3.62. The number of anilines is 5. The molecule has 0 saturated carbocycles. The third kappa shape index (κ3) is 6.29. The molecule has 1 atom stereocenters. The fourth-order valence-electron chi connectivity index (χ4n) is 3.05. The molecule has 3 rings (SSSR count). The monoisotopic (exact) mass is 512 g/mol. The van der Waals surface area contributed by atoms with Crippen molar-refractivity contribution in [1.82, 2.24) is 15.4 Å². The van der Waals surface area contributed by atoms with Gasteiger partial charge >= 0.3 is 6.18 Å². The molecule has 186 valence electrons. The fraction of sp³-hybridized carbons (Fsp3) is 0.190. The van der Waals surface area contributed by atoms with Crippen molar-refractivity contribution < 1.29 is 31.7 Å². The summed E-state index contributed by atoms with van der Waals surface area (Å²) in [6, 6.07) is 8.73. The fourth-order valence-corrected chi connectivity index (χ4v) is 3.50. The second kappa shape index (κ2) is 10.8. The van der Waals surface area contributed by atoms with E-state index in [1.807, 2.05) is 0 Å². The molecule has 9 nitrogen and oxygen atoms in total. The maximum absolute atomic E-state index is 13.7. The van der Waals surface area contributed by atoms with Crippen LogP contribution in [-0.2, 0) is 22.4 Å². The van der Waals surface area contributed by atoms with Crippen LogP contribution >= 0.6 is 0 Å². The predicted molar refractivity (Wildman–Crippen MR) is 123 cm³/mol. The standard InChI is InChI=1S/C21H20F4N6O3S/c1-31(35(3)33)19-13(21(23,24)25)6-4-7-14(19)27-15-10-18(26-11-12(15)20(32)30-34-2)29-17-9-5-8-16(22)28-17/h4-11H,1-3H3,(H,30,32)(H2,26,27,28,29). The highest BCUT2D eigenvalue weighted by Crippen LogP contribution is 2.42. The van der Waals surface area contributed by atoms with E-state index >= 15 is 0 Å². The van der Waals surface area contributed by atoms with Crippen LogP contribution in [0.4, 0.5) is 46.3 Å². The Morgan fingerprint density at radius 3 is 2.46 bits per heavy atom. The smallest absolute Gasteiger partial charge is 0.418 e. The van der Waals surface area contributed by atoms with Gasteiger partial charge in [0.15, 0.2) is 0 Å². The normalized spacial score (nSPS) is 12.1. The van der Waals surface area contributed by atoms with Gasteiger partial charge in [-0.2, -0.15) is 21.9 Å². The molecular formula is C21H20F4N6O3S. The average Bonchev–Trinajstić information content (AvgIpc) is 2.78. The van der Waals surface area contributed by atoms with Crippen LogP contribution in [0.25, 0.3) is 0 Å². The Morgan fingerprint density at radius 1 is 1.11 bits per heavy atom. The largest absolute Gasteiger partial charge is 0.593 e. The molecule has 0 radical (unpaired) electrons. The zero-order valence-electron chi connectivity index (χ0n) is 18.6. The number of carbonyl (C=O) groups excluding carboxylic acids is 1. The number of para-hydroxylation sites is 1. The number of aromatic nitrogens is 2. The molecule has 0 aliphatic rings. The van der Waals surface area contributed by atoms with Gasteiger partial charge in [-0.25, -0.2) is 15.4 Å². The summed E-state index contributed by atoms with van der Waals surface area (Å²) in [5.41, 5.74) is 0.573. The van der Waals surface area contributed by atoms with Gasteiger partial charge in [0.1, 0.15) is 23.6 Å². The lowest BCUT2D eigenvalue weighted by molar-refractivity contribution is -0.137. The number of hydroxylamine groups is 1. The second-order valence-corrected chi connectivity index (χ2v) is 8.36. The number of pyridine rings is 2. The van der Waals surface area contributed by atoms with E-state index in [0.29, 0.717) is 0 Å². The van der Waals surface area contributed by atoms with Gasteiger partial charge in [0, 0.05) is 12.3 Å². The zero-order valence-corrected chi connectivity index (χ0v) is 19.4. The molecule has 3 aromatic rings. The van der Waals surface area contributed by atoms with Crippen LogP contribution in [0.3, 0.4) is 0 Å². The van der Waals surface area contributed by atoms with E-state index in [1.54, 1.807) is 0 Å². The van der Waals surface area contributed by atoms with Crippen molar-refractivity contribution in [3.05, 3.63) is 65.7 Å². The average molecular weight is 512 g/mol. The molecule has 0 bridgehead atoms. The molecule has 14 heteroatoms. The molecule has 0 fully saturated rings. The summed E-state index contributed by atoms with van der Waals surface area (Å²) in [4.78, 5) is 24.9. The molecule has 2 heterocycles. The number of hydrogen-bond donors (Lipinski definition) is 3. The Bertz CT molecular complexity index is 1210. The Morgan fingerprint density at radius 2 is 1.83 bits per heavy atom. The van der Waals surface area contributed by atoms with E-state index < -0.39 is 40.6 Å². The SMILES string of the molecule is CONC(=O)c1cnc(Nc2cccc(F)n2)cc1Nc1cccc(C(F)(F)F)c1N(C)[S+](C)[O-]. The zero-order chi connectivity index (χ0) is 25.8. The van der Waals surface area contributed by atoms with Gasteiger partial charge < -0.3 is 15.2 Å². The van der Waals surface area contributed by atoms with Crippen LogP contribution in [0.15, 0.2) is 48.7 Å². The highest BCUT2D eigenvalue weighted by Gasteiger charge is 2.37. The van der Waals surface area contributed by atoms with Crippen molar-refractivity contribution >= 4 is 46.0 Å². The van der Waals surface area contributed by atoms with Gasteiger partial charge in [0.25, 0.3) is 5.91 Å². The van der Waals surface area contributed by atoms with Crippen LogP contribution in [-0.4, -0.2) is 40.8 Å². The first kappa shape index (κ1) is 26.0. The minimum absolute atomic E-state index is 0.0318. The highest BCUT2D eigenvalue weighted by molar-refractivity contribution is 7.92. The van der Waals surface area contributed by atoms with Crippen molar-refractivity contribution in [1.29, 1.82) is 0 Å². The first-order valence-electron chi connectivity index (χ1n) is 9.78. The molecule has 0 saturated heterocycles. The van der Waals surface area contributed by atoms with Gasteiger partial charge in [-0.1, -0.05) is 12.1 Å². The lowest BCUT2D eigenvalue weighted by Crippen LogP contribution is -2.28. The van der Waals surface area contributed by atoms with E-state index in [0.717, 1.165) is 22.6 Å². The number of carbonyl (C=O) groups is 1. The summed E-state index contributed by atoms with van der Waals surface area (Å²) in [5, 5.41) is 5.56. The van der Waals surface area contributed by atoms with Crippen LogP contribution < -0.4 is 20.4 Å². The van der Waals surface area contributed by atoms with Crippen LogP contribution in [0.1, 0.15) is 15.9 Å². The Balaban J connectivity index is 2.11. The molecule has 0 spiro atoms. The van der Waals surface area contributed by atoms with Crippen molar-refractivity contribution in [2.24, 2.45) is 0 Å². The first-order valence-corrected chi connectivity index (χ1v) is 11.3. The molecule has 1 aromatic carbocycles. The molecule has 35 heavy (non-hydrogen) atoms. The van der Waals surface area contributed by atoms with Gasteiger partial charge in [-0.15, -0.1) is 0 Å². The van der Waals surface area contributed by atoms with Crippen molar-refractivity contribution in [3.63, 3.8) is 0 Å². The summed E-state index contributed by atoms with van der Waals surface area (Å²) in [6.07, 6.45) is -2.37. The molecule has 1 unspecified atom stereocenters. The summed E-state index contributed by atoms with van der Waals surface area (Å²) in [7, 11) is 2.46. The molecule has 3 N–H and O–H groups in total. The number of nitrogens with zero attached hydrogens (tertiary/aromatic N) is 3. The van der Waals surface area contributed by atoms with E-state index in [-0.39, 0.29) is 28.6 Å². The molecule has 1 amide bonds. The van der Waals surface area contributed by atoms with E-state index in [1.165, 1.54) is 50.7 Å². The number of nitrogens with one attached hydrogen (secondary N) is 3. The topological polar surface area (TPSA) is 114 Å². The Kier molecular flexibility index (Phi) is 7.99. The summed E-state index contributed by atoms with van der Waals surface area (Å²) in [5.74, 6) is -1.26. The third-order valence-electron chi connectivity index (χ3n) is 4.63. The maximum Gasteiger partial charge on any atom is 0.418 e. The third-order valence-corrected chi connectivity index (χ3v) is 5.58.